The van der Waals surface area contributed by atoms with E-state index in [-0.39, 0.29) is 12.3 Å². The van der Waals surface area contributed by atoms with E-state index in [1.54, 1.807) is 19.9 Å². The molecule has 156 valence electrons. The lowest BCUT2D eigenvalue weighted by Crippen LogP contribution is -2.30. The van der Waals surface area contributed by atoms with E-state index in [2.05, 4.69) is 14.9 Å². The van der Waals surface area contributed by atoms with Gasteiger partial charge in [0.2, 0.25) is 10.0 Å². The molecule has 7 nitrogen and oxygen atoms in total. The average Bonchev–Trinajstić information content (AvgIpc) is 3.06. The van der Waals surface area contributed by atoms with Gasteiger partial charge in [-0.25, -0.2) is 13.1 Å². The Labute approximate surface area is 184 Å². The zero-order valence-electron chi connectivity index (χ0n) is 16.3. The van der Waals surface area contributed by atoms with Crippen molar-refractivity contribution in [2.24, 2.45) is 4.99 Å². The standard InChI is InChI=1S/C20H19Cl2N5O2S/c1-3-30(28,29)26-12(2)20-25-24-18-11-23-19(14-6-4-5-7-16(14)22)15-10-13(21)8-9-17(15)27(18)20/h4-10,12,26H,3,11H2,1-2H3. The van der Waals surface area contributed by atoms with Gasteiger partial charge in [0, 0.05) is 21.2 Å². The van der Waals surface area contributed by atoms with Crippen LogP contribution in [0.2, 0.25) is 10.0 Å². The van der Waals surface area contributed by atoms with Crippen molar-refractivity contribution in [3.63, 3.8) is 0 Å². The lowest BCUT2D eigenvalue weighted by Gasteiger charge is -2.18. The largest absolute Gasteiger partial charge is 0.279 e. The topological polar surface area (TPSA) is 89.2 Å². The Kier molecular flexibility index (Phi) is 5.67. The molecular formula is C20H19Cl2N5O2S. The first-order valence-electron chi connectivity index (χ1n) is 9.34. The number of hydrogen-bond acceptors (Lipinski definition) is 5. The third-order valence-corrected chi connectivity index (χ3v) is 6.88. The van der Waals surface area contributed by atoms with E-state index in [4.69, 9.17) is 28.2 Å². The van der Waals surface area contributed by atoms with Gasteiger partial charge in [-0.3, -0.25) is 9.56 Å². The first kappa shape index (κ1) is 21.0. The predicted octanol–water partition coefficient (Wildman–Crippen LogP) is 3.93. The number of halogens is 2. The highest BCUT2D eigenvalue weighted by molar-refractivity contribution is 7.89. The average molecular weight is 464 g/mol. The fourth-order valence-electron chi connectivity index (χ4n) is 3.39. The molecule has 1 aromatic heterocycles. The Morgan fingerprint density at radius 2 is 1.90 bits per heavy atom. The van der Waals surface area contributed by atoms with Gasteiger partial charge in [0.05, 0.1) is 23.2 Å². The van der Waals surface area contributed by atoms with Crippen LogP contribution in [0.15, 0.2) is 47.5 Å². The number of hydrogen-bond donors (Lipinski definition) is 1. The van der Waals surface area contributed by atoms with Gasteiger partial charge in [-0.2, -0.15) is 0 Å². The highest BCUT2D eigenvalue weighted by atomic mass is 35.5. The maximum Gasteiger partial charge on any atom is 0.211 e. The molecule has 1 aliphatic rings. The lowest BCUT2D eigenvalue weighted by atomic mass is 10.0. The molecular weight excluding hydrogens is 445 g/mol. The maximum absolute atomic E-state index is 12.1. The summed E-state index contributed by atoms with van der Waals surface area (Å²) in [5.41, 5.74) is 2.99. The first-order chi connectivity index (χ1) is 14.3. The molecule has 0 spiro atoms. The lowest BCUT2D eigenvalue weighted by molar-refractivity contribution is 0.557. The summed E-state index contributed by atoms with van der Waals surface area (Å²) in [5, 5.41) is 9.64. The van der Waals surface area contributed by atoms with E-state index in [1.165, 1.54) is 0 Å². The van der Waals surface area contributed by atoms with E-state index >= 15 is 0 Å². The van der Waals surface area contributed by atoms with Crippen LogP contribution in [0.4, 0.5) is 0 Å². The molecule has 0 bridgehead atoms. The van der Waals surface area contributed by atoms with Gasteiger partial charge in [0.15, 0.2) is 11.6 Å². The minimum absolute atomic E-state index is 0.0235. The number of benzene rings is 2. The van der Waals surface area contributed by atoms with Gasteiger partial charge < -0.3 is 0 Å². The van der Waals surface area contributed by atoms with Crippen molar-refractivity contribution in [3.8, 4) is 5.69 Å². The molecule has 4 rings (SSSR count). The Morgan fingerprint density at radius 1 is 1.13 bits per heavy atom. The molecule has 1 N–H and O–H groups in total. The van der Waals surface area contributed by atoms with Crippen molar-refractivity contribution < 1.29 is 8.42 Å². The third kappa shape index (κ3) is 3.88. The SMILES string of the molecule is CCS(=O)(=O)NC(C)c1nnc2n1-c1ccc(Cl)cc1C(c1ccccc1Cl)=NC2. The molecule has 10 heteroatoms. The van der Waals surface area contributed by atoms with E-state index in [0.29, 0.717) is 27.4 Å². The minimum Gasteiger partial charge on any atom is -0.279 e. The van der Waals surface area contributed by atoms with E-state index in [0.717, 1.165) is 16.8 Å². The Balaban J connectivity index is 1.89. The molecule has 30 heavy (non-hydrogen) atoms. The van der Waals surface area contributed by atoms with Crippen molar-refractivity contribution in [3.05, 3.63) is 75.3 Å². The normalized spacial score (nSPS) is 14.5. The Morgan fingerprint density at radius 3 is 2.63 bits per heavy atom. The van der Waals surface area contributed by atoms with Crippen LogP contribution in [-0.4, -0.2) is 34.6 Å². The summed E-state index contributed by atoms with van der Waals surface area (Å²) in [5.74, 6) is 1.05. The van der Waals surface area contributed by atoms with Gasteiger partial charge in [-0.15, -0.1) is 10.2 Å². The summed E-state index contributed by atoms with van der Waals surface area (Å²) in [4.78, 5) is 4.75. The number of aromatic nitrogens is 3. The summed E-state index contributed by atoms with van der Waals surface area (Å²) in [6.07, 6.45) is 0. The van der Waals surface area contributed by atoms with Crippen LogP contribution in [0.1, 0.15) is 42.7 Å². The fraction of sp³-hybridized carbons (Fsp3) is 0.250. The molecule has 2 heterocycles. The number of nitrogens with one attached hydrogen (secondary N) is 1. The van der Waals surface area contributed by atoms with Crippen molar-refractivity contribution >= 4 is 38.9 Å². The third-order valence-electron chi connectivity index (χ3n) is 4.84. The zero-order valence-corrected chi connectivity index (χ0v) is 18.6. The van der Waals surface area contributed by atoms with Crippen LogP contribution < -0.4 is 4.72 Å². The molecule has 0 radical (unpaired) electrons. The second-order valence-electron chi connectivity index (χ2n) is 6.86. The van der Waals surface area contributed by atoms with E-state index < -0.39 is 16.1 Å². The van der Waals surface area contributed by atoms with Crippen molar-refractivity contribution in [2.45, 2.75) is 26.4 Å². The highest BCUT2D eigenvalue weighted by Gasteiger charge is 2.27. The number of fused-ring (bicyclic) bond motifs is 3. The Hall–Kier alpha value is -2.26. The number of sulfonamides is 1. The second kappa shape index (κ2) is 8.11. The monoisotopic (exact) mass is 463 g/mol. The molecule has 0 aliphatic carbocycles. The fourth-order valence-corrected chi connectivity index (χ4v) is 4.60. The summed E-state index contributed by atoms with van der Waals surface area (Å²) >= 11 is 12.8. The second-order valence-corrected chi connectivity index (χ2v) is 9.75. The first-order valence-corrected chi connectivity index (χ1v) is 11.8. The quantitative estimate of drug-likeness (QED) is 0.620. The molecule has 3 aromatic rings. The van der Waals surface area contributed by atoms with E-state index in [9.17, 15) is 8.42 Å². The molecule has 2 aromatic carbocycles. The smallest absolute Gasteiger partial charge is 0.211 e. The number of nitrogens with zero attached hydrogens (tertiary/aromatic N) is 4. The summed E-state index contributed by atoms with van der Waals surface area (Å²) in [6, 6.07) is 12.3. The van der Waals surface area contributed by atoms with Crippen molar-refractivity contribution in [2.75, 3.05) is 5.75 Å². The molecule has 1 atom stereocenters. The van der Waals surface area contributed by atoms with Gasteiger partial charge in [-0.05, 0) is 38.1 Å². The van der Waals surface area contributed by atoms with Gasteiger partial charge in [0.25, 0.3) is 0 Å². The van der Waals surface area contributed by atoms with Crippen LogP contribution in [0, 0.1) is 0 Å². The summed E-state index contributed by atoms with van der Waals surface area (Å²) in [7, 11) is -3.42. The molecule has 0 amide bonds. The summed E-state index contributed by atoms with van der Waals surface area (Å²) in [6.45, 7) is 3.58. The molecule has 0 fully saturated rings. The molecule has 0 saturated heterocycles. The Bertz CT molecular complexity index is 1250. The van der Waals surface area contributed by atoms with Gasteiger partial charge >= 0.3 is 0 Å². The number of aliphatic imine (C=N–C) groups is 1. The number of rotatable bonds is 5. The minimum atomic E-state index is -3.42. The van der Waals surface area contributed by atoms with Crippen LogP contribution in [0.3, 0.4) is 0 Å². The van der Waals surface area contributed by atoms with Crippen molar-refractivity contribution in [1.82, 2.24) is 19.5 Å². The zero-order chi connectivity index (χ0) is 21.5. The van der Waals surface area contributed by atoms with Crippen LogP contribution in [0.5, 0.6) is 0 Å². The summed E-state index contributed by atoms with van der Waals surface area (Å²) < 4.78 is 28.6. The predicted molar refractivity (Wildman–Crippen MR) is 118 cm³/mol. The highest BCUT2D eigenvalue weighted by Crippen LogP contribution is 2.31. The van der Waals surface area contributed by atoms with E-state index in [1.807, 2.05) is 41.0 Å². The molecule has 0 saturated carbocycles. The van der Waals surface area contributed by atoms with Crippen LogP contribution in [0.25, 0.3) is 5.69 Å². The molecule has 1 aliphatic heterocycles. The van der Waals surface area contributed by atoms with Crippen LogP contribution in [-0.2, 0) is 16.6 Å². The maximum atomic E-state index is 12.1. The van der Waals surface area contributed by atoms with Gasteiger partial charge in [-0.1, -0.05) is 41.4 Å². The molecule has 1 unspecified atom stereocenters. The van der Waals surface area contributed by atoms with Crippen molar-refractivity contribution in [1.29, 1.82) is 0 Å². The van der Waals surface area contributed by atoms with Crippen LogP contribution >= 0.6 is 23.2 Å². The van der Waals surface area contributed by atoms with Gasteiger partial charge in [0.1, 0.15) is 6.54 Å².